The highest BCUT2D eigenvalue weighted by Gasteiger charge is 2.24. The number of hydrogen-bond donors (Lipinski definition) is 1. The maximum atomic E-state index is 11.4. The molecule has 142 valence electrons. The van der Waals surface area contributed by atoms with Crippen molar-refractivity contribution in [1.82, 2.24) is 4.57 Å². The lowest BCUT2D eigenvalue weighted by atomic mass is 9.86. The summed E-state index contributed by atoms with van der Waals surface area (Å²) < 4.78 is 2.89. The van der Waals surface area contributed by atoms with E-state index in [9.17, 15) is 9.90 Å². The third kappa shape index (κ3) is 4.05. The minimum Gasteiger partial charge on any atom is -0.480 e. The van der Waals surface area contributed by atoms with E-state index in [1.54, 1.807) is 11.8 Å². The lowest BCUT2D eigenvalue weighted by Gasteiger charge is -2.21. The Balaban J connectivity index is 2.27. The van der Waals surface area contributed by atoms with Gasteiger partial charge in [0, 0.05) is 30.4 Å². The number of halogens is 2. The van der Waals surface area contributed by atoms with E-state index in [1.165, 1.54) is 5.56 Å². The molecule has 27 heavy (non-hydrogen) atoms. The second kappa shape index (κ2) is 7.53. The van der Waals surface area contributed by atoms with E-state index >= 15 is 0 Å². The predicted octanol–water partition coefficient (Wildman–Crippen LogP) is 6.90. The van der Waals surface area contributed by atoms with Crippen LogP contribution in [-0.4, -0.2) is 15.6 Å². The molecule has 3 nitrogen and oxygen atoms in total. The Kier molecular flexibility index (Phi) is 5.67. The van der Waals surface area contributed by atoms with Crippen LogP contribution in [0.15, 0.2) is 50.7 Å². The fourth-order valence-corrected chi connectivity index (χ4v) is 5.61. The summed E-state index contributed by atoms with van der Waals surface area (Å²) in [5.74, 6) is -0.853. The summed E-state index contributed by atoms with van der Waals surface area (Å²) in [6.45, 7) is 8.43. The molecule has 0 bridgehead atoms. The Morgan fingerprint density at radius 1 is 1.19 bits per heavy atom. The molecule has 0 unspecified atom stereocenters. The van der Waals surface area contributed by atoms with Gasteiger partial charge in [-0.1, -0.05) is 50.2 Å². The van der Waals surface area contributed by atoms with E-state index in [2.05, 4.69) is 42.8 Å². The van der Waals surface area contributed by atoms with Gasteiger partial charge in [0.25, 0.3) is 0 Å². The molecule has 0 amide bonds. The van der Waals surface area contributed by atoms with Crippen LogP contribution in [0.25, 0.3) is 10.9 Å². The van der Waals surface area contributed by atoms with Gasteiger partial charge in [0.05, 0.1) is 5.52 Å². The summed E-state index contributed by atoms with van der Waals surface area (Å²) in [7, 11) is 0. The quantitative estimate of drug-likeness (QED) is 0.455. The van der Waals surface area contributed by atoms with Crippen LogP contribution in [0.1, 0.15) is 32.0 Å². The average molecular weight is 467 g/mol. The standard InChI is InChI=1S/C21H21BrClNO2S/c1-12-20(27-14-7-5-13(23)6-8-14)18-16(24(12)11-17(25)26)10-9-15(19(18)22)21(2,3)4/h5-10H,11H2,1-4H3,(H,25,26). The van der Waals surface area contributed by atoms with Crippen molar-refractivity contribution in [2.75, 3.05) is 0 Å². The largest absolute Gasteiger partial charge is 0.480 e. The minimum atomic E-state index is -0.853. The first-order valence-corrected chi connectivity index (χ1v) is 10.6. The van der Waals surface area contributed by atoms with Crippen molar-refractivity contribution in [2.45, 2.75) is 49.4 Å². The SMILES string of the molecule is Cc1c(Sc2ccc(Cl)cc2)c2c(Br)c(C(C)(C)C)ccc2n1CC(=O)O. The highest BCUT2D eigenvalue weighted by molar-refractivity contribution is 9.10. The zero-order valence-electron chi connectivity index (χ0n) is 15.6. The summed E-state index contributed by atoms with van der Waals surface area (Å²) in [4.78, 5) is 13.5. The molecule has 0 aliphatic rings. The third-order valence-corrected chi connectivity index (χ3v) is 6.79. The van der Waals surface area contributed by atoms with Crippen LogP contribution in [0.2, 0.25) is 5.02 Å². The first-order valence-electron chi connectivity index (χ1n) is 8.56. The normalized spacial score (nSPS) is 11.9. The van der Waals surface area contributed by atoms with Crippen molar-refractivity contribution in [1.29, 1.82) is 0 Å². The lowest BCUT2D eigenvalue weighted by molar-refractivity contribution is -0.137. The van der Waals surface area contributed by atoms with Gasteiger partial charge in [0.2, 0.25) is 0 Å². The Bertz CT molecular complexity index is 1020. The molecule has 3 rings (SSSR count). The molecule has 1 heterocycles. The molecule has 1 aromatic heterocycles. The van der Waals surface area contributed by atoms with Crippen LogP contribution in [0.3, 0.4) is 0 Å². The number of hydrogen-bond acceptors (Lipinski definition) is 2. The van der Waals surface area contributed by atoms with Gasteiger partial charge in [0.15, 0.2) is 0 Å². The number of carbonyl (C=O) groups is 1. The van der Waals surface area contributed by atoms with Gasteiger partial charge in [0.1, 0.15) is 6.54 Å². The molecular weight excluding hydrogens is 446 g/mol. The third-order valence-electron chi connectivity index (χ3n) is 4.51. The molecule has 2 aromatic carbocycles. The van der Waals surface area contributed by atoms with Crippen molar-refractivity contribution in [2.24, 2.45) is 0 Å². The van der Waals surface area contributed by atoms with E-state index in [4.69, 9.17) is 11.6 Å². The molecule has 0 saturated heterocycles. The first kappa shape index (κ1) is 20.3. The summed E-state index contributed by atoms with van der Waals surface area (Å²) in [6, 6.07) is 11.8. The lowest BCUT2D eigenvalue weighted by Crippen LogP contribution is -2.12. The van der Waals surface area contributed by atoms with Crippen LogP contribution in [0.5, 0.6) is 0 Å². The average Bonchev–Trinajstić information content (AvgIpc) is 2.82. The minimum absolute atomic E-state index is 0.0297. The van der Waals surface area contributed by atoms with Crippen molar-refractivity contribution in [3.8, 4) is 0 Å². The van der Waals surface area contributed by atoms with E-state index in [-0.39, 0.29) is 12.0 Å². The Hall–Kier alpha value is -1.43. The summed E-state index contributed by atoms with van der Waals surface area (Å²) in [5.41, 5.74) is 3.03. The van der Waals surface area contributed by atoms with Gasteiger partial charge in [-0.25, -0.2) is 0 Å². The molecule has 0 aliphatic heterocycles. The number of aliphatic carboxylic acids is 1. The van der Waals surface area contributed by atoms with Gasteiger partial charge in [-0.15, -0.1) is 0 Å². The number of aromatic nitrogens is 1. The van der Waals surface area contributed by atoms with Crippen molar-refractivity contribution >= 4 is 56.2 Å². The van der Waals surface area contributed by atoms with Crippen molar-refractivity contribution in [3.63, 3.8) is 0 Å². The number of carboxylic acids is 1. The molecule has 3 aromatic rings. The maximum absolute atomic E-state index is 11.4. The van der Waals surface area contributed by atoms with Crippen LogP contribution < -0.4 is 0 Å². The predicted molar refractivity (Wildman–Crippen MR) is 116 cm³/mol. The molecule has 0 spiro atoms. The number of carboxylic acid groups (broad SMARTS) is 1. The topological polar surface area (TPSA) is 42.2 Å². The summed E-state index contributed by atoms with van der Waals surface area (Å²) in [6.07, 6.45) is 0. The van der Waals surface area contributed by atoms with Crippen LogP contribution in [0, 0.1) is 6.92 Å². The molecule has 0 atom stereocenters. The van der Waals surface area contributed by atoms with Gasteiger partial charge < -0.3 is 9.67 Å². The van der Waals surface area contributed by atoms with Crippen molar-refractivity contribution in [3.05, 3.63) is 57.2 Å². The van der Waals surface area contributed by atoms with E-state index < -0.39 is 5.97 Å². The summed E-state index contributed by atoms with van der Waals surface area (Å²) in [5, 5.41) is 11.1. The molecule has 0 aliphatic carbocycles. The Morgan fingerprint density at radius 2 is 1.81 bits per heavy atom. The van der Waals surface area contributed by atoms with Gasteiger partial charge in [-0.3, -0.25) is 4.79 Å². The second-order valence-corrected chi connectivity index (χ2v) is 9.83. The van der Waals surface area contributed by atoms with Gasteiger partial charge in [-0.05, 0) is 64.2 Å². The van der Waals surface area contributed by atoms with E-state index in [0.717, 1.165) is 30.9 Å². The highest BCUT2D eigenvalue weighted by atomic mass is 79.9. The zero-order valence-corrected chi connectivity index (χ0v) is 18.8. The maximum Gasteiger partial charge on any atom is 0.323 e. The van der Waals surface area contributed by atoms with Crippen LogP contribution in [0.4, 0.5) is 0 Å². The number of rotatable bonds is 4. The molecule has 1 N–H and O–H groups in total. The second-order valence-electron chi connectivity index (χ2n) is 7.52. The smallest absolute Gasteiger partial charge is 0.323 e. The molecule has 0 saturated carbocycles. The molecule has 6 heteroatoms. The zero-order chi connectivity index (χ0) is 19.9. The fraction of sp³-hybridized carbons (Fsp3) is 0.286. The number of nitrogens with zero attached hydrogens (tertiary/aromatic N) is 1. The molecular formula is C21H21BrClNO2S. The van der Waals surface area contributed by atoms with Crippen LogP contribution >= 0.6 is 39.3 Å². The Morgan fingerprint density at radius 3 is 2.37 bits per heavy atom. The van der Waals surface area contributed by atoms with Gasteiger partial charge >= 0.3 is 5.97 Å². The van der Waals surface area contributed by atoms with E-state index in [1.807, 2.05) is 41.8 Å². The number of fused-ring (bicyclic) bond motifs is 1. The van der Waals surface area contributed by atoms with Crippen molar-refractivity contribution < 1.29 is 9.90 Å². The summed E-state index contributed by atoms with van der Waals surface area (Å²) >= 11 is 11.5. The highest BCUT2D eigenvalue weighted by Crippen LogP contribution is 2.44. The fourth-order valence-electron chi connectivity index (χ4n) is 3.15. The van der Waals surface area contributed by atoms with Gasteiger partial charge in [-0.2, -0.15) is 0 Å². The first-order chi connectivity index (χ1) is 12.6. The molecule has 0 radical (unpaired) electrons. The Labute approximate surface area is 176 Å². The monoisotopic (exact) mass is 465 g/mol. The van der Waals surface area contributed by atoms with E-state index in [0.29, 0.717) is 5.02 Å². The van der Waals surface area contributed by atoms with Crippen LogP contribution in [-0.2, 0) is 16.8 Å². The molecule has 0 fully saturated rings. The number of benzene rings is 2.